The molecule has 2 rings (SSSR count). The zero-order valence-electron chi connectivity index (χ0n) is 13.4. The summed E-state index contributed by atoms with van der Waals surface area (Å²) in [6.45, 7) is 6.26. The molecule has 0 aliphatic carbocycles. The summed E-state index contributed by atoms with van der Waals surface area (Å²) in [6.07, 6.45) is 2.98. The van der Waals surface area contributed by atoms with Crippen LogP contribution < -0.4 is 0 Å². The molecular weight excluding hydrogens is 276 g/mol. The molecular formula is C19H24O3. The standard InChI is InChI=1S/C19H24O3/c1-4-5-6-13-11-14(7-9-16(13)20)19(2,3)15-8-10-17(21)18(22)12-15/h7-12,20-22H,4-6H2,1-3H3. The third-order valence-electron chi connectivity index (χ3n) is 4.30. The fraction of sp³-hybridized carbons (Fsp3) is 0.368. The van der Waals surface area contributed by atoms with Crippen molar-refractivity contribution in [1.29, 1.82) is 0 Å². The number of hydrogen-bond donors (Lipinski definition) is 3. The van der Waals surface area contributed by atoms with Crippen LogP contribution in [-0.2, 0) is 11.8 Å². The minimum atomic E-state index is -0.333. The third-order valence-corrected chi connectivity index (χ3v) is 4.30. The predicted octanol–water partition coefficient (Wildman–Crippen LogP) is 4.47. The van der Waals surface area contributed by atoms with Crippen molar-refractivity contribution in [2.75, 3.05) is 0 Å². The molecule has 0 saturated heterocycles. The highest BCUT2D eigenvalue weighted by molar-refractivity contribution is 5.48. The highest BCUT2D eigenvalue weighted by Crippen LogP contribution is 2.37. The van der Waals surface area contributed by atoms with Crippen LogP contribution in [-0.4, -0.2) is 15.3 Å². The molecule has 0 radical (unpaired) electrons. The van der Waals surface area contributed by atoms with Gasteiger partial charge in [0, 0.05) is 5.41 Å². The first-order valence-corrected chi connectivity index (χ1v) is 7.71. The number of unbranched alkanes of at least 4 members (excludes halogenated alkanes) is 1. The Morgan fingerprint density at radius 1 is 0.818 bits per heavy atom. The SMILES string of the molecule is CCCCc1cc(C(C)(C)c2ccc(O)c(O)c2)ccc1O. The first-order valence-electron chi connectivity index (χ1n) is 7.71. The Morgan fingerprint density at radius 2 is 1.41 bits per heavy atom. The van der Waals surface area contributed by atoms with Gasteiger partial charge in [0.2, 0.25) is 0 Å². The van der Waals surface area contributed by atoms with E-state index < -0.39 is 0 Å². The molecule has 0 saturated carbocycles. The zero-order valence-corrected chi connectivity index (χ0v) is 13.4. The molecule has 0 spiro atoms. The maximum Gasteiger partial charge on any atom is 0.157 e. The first kappa shape index (κ1) is 16.2. The Hall–Kier alpha value is -2.16. The zero-order chi connectivity index (χ0) is 16.3. The first-order chi connectivity index (χ1) is 10.4. The fourth-order valence-electron chi connectivity index (χ4n) is 2.62. The molecule has 118 valence electrons. The van der Waals surface area contributed by atoms with E-state index in [0.29, 0.717) is 5.75 Å². The Balaban J connectivity index is 2.41. The van der Waals surface area contributed by atoms with E-state index >= 15 is 0 Å². The summed E-state index contributed by atoms with van der Waals surface area (Å²) in [5.41, 5.74) is 2.60. The van der Waals surface area contributed by atoms with Gasteiger partial charge in [-0.2, -0.15) is 0 Å². The van der Waals surface area contributed by atoms with Gasteiger partial charge in [-0.05, 0) is 47.7 Å². The van der Waals surface area contributed by atoms with Crippen LogP contribution in [0.25, 0.3) is 0 Å². The van der Waals surface area contributed by atoms with Gasteiger partial charge in [0.15, 0.2) is 11.5 Å². The molecule has 22 heavy (non-hydrogen) atoms. The number of aromatic hydroxyl groups is 3. The van der Waals surface area contributed by atoms with Gasteiger partial charge < -0.3 is 15.3 Å². The van der Waals surface area contributed by atoms with E-state index in [1.807, 2.05) is 18.2 Å². The van der Waals surface area contributed by atoms with E-state index in [9.17, 15) is 15.3 Å². The monoisotopic (exact) mass is 300 g/mol. The molecule has 0 aliphatic heterocycles. The van der Waals surface area contributed by atoms with Crippen molar-refractivity contribution in [3.63, 3.8) is 0 Å². The molecule has 3 heteroatoms. The van der Waals surface area contributed by atoms with Gasteiger partial charge in [-0.3, -0.25) is 0 Å². The second-order valence-corrected chi connectivity index (χ2v) is 6.28. The van der Waals surface area contributed by atoms with Gasteiger partial charge in [-0.25, -0.2) is 0 Å². The Bertz CT molecular complexity index is 660. The highest BCUT2D eigenvalue weighted by Gasteiger charge is 2.25. The minimum Gasteiger partial charge on any atom is -0.508 e. The molecule has 0 aromatic heterocycles. The van der Waals surface area contributed by atoms with Gasteiger partial charge in [-0.15, -0.1) is 0 Å². The Labute approximate surface area is 131 Å². The molecule has 0 amide bonds. The van der Waals surface area contributed by atoms with Crippen LogP contribution in [0, 0.1) is 0 Å². The van der Waals surface area contributed by atoms with Gasteiger partial charge in [0.25, 0.3) is 0 Å². The maximum atomic E-state index is 10.0. The number of phenolic OH excluding ortho intramolecular Hbond substituents is 3. The average molecular weight is 300 g/mol. The number of hydrogen-bond acceptors (Lipinski definition) is 3. The lowest BCUT2D eigenvalue weighted by Crippen LogP contribution is -2.19. The fourth-order valence-corrected chi connectivity index (χ4v) is 2.62. The number of aryl methyl sites for hydroxylation is 1. The van der Waals surface area contributed by atoms with Crippen LogP contribution in [0.5, 0.6) is 17.2 Å². The molecule has 2 aromatic rings. The number of phenols is 3. The molecule has 0 fully saturated rings. The molecule has 0 aliphatic rings. The third kappa shape index (κ3) is 3.19. The average Bonchev–Trinajstić information content (AvgIpc) is 2.49. The van der Waals surface area contributed by atoms with Crippen LogP contribution in [0.2, 0.25) is 0 Å². The molecule has 3 N–H and O–H groups in total. The Morgan fingerprint density at radius 3 is 2.00 bits per heavy atom. The van der Waals surface area contributed by atoms with Crippen LogP contribution in [0.3, 0.4) is 0 Å². The van der Waals surface area contributed by atoms with Crippen LogP contribution in [0.15, 0.2) is 36.4 Å². The quantitative estimate of drug-likeness (QED) is 0.714. The number of benzene rings is 2. The van der Waals surface area contributed by atoms with Crippen molar-refractivity contribution in [1.82, 2.24) is 0 Å². The summed E-state index contributed by atoms with van der Waals surface area (Å²) in [7, 11) is 0. The van der Waals surface area contributed by atoms with Crippen molar-refractivity contribution < 1.29 is 15.3 Å². The molecule has 0 atom stereocenters. The van der Waals surface area contributed by atoms with Gasteiger partial charge in [0.05, 0.1) is 0 Å². The lowest BCUT2D eigenvalue weighted by atomic mass is 9.77. The van der Waals surface area contributed by atoms with Crippen molar-refractivity contribution in [3.05, 3.63) is 53.1 Å². The summed E-state index contributed by atoms with van der Waals surface area (Å²) in [5, 5.41) is 29.2. The highest BCUT2D eigenvalue weighted by atomic mass is 16.3. The topological polar surface area (TPSA) is 60.7 Å². The van der Waals surface area contributed by atoms with E-state index in [-0.39, 0.29) is 16.9 Å². The van der Waals surface area contributed by atoms with E-state index in [2.05, 4.69) is 20.8 Å². The second kappa shape index (κ2) is 6.30. The molecule has 0 unspecified atom stereocenters. The molecule has 3 nitrogen and oxygen atoms in total. The van der Waals surface area contributed by atoms with Crippen molar-refractivity contribution in [2.24, 2.45) is 0 Å². The van der Waals surface area contributed by atoms with Crippen molar-refractivity contribution in [3.8, 4) is 17.2 Å². The smallest absolute Gasteiger partial charge is 0.157 e. The molecule has 2 aromatic carbocycles. The van der Waals surface area contributed by atoms with Crippen molar-refractivity contribution >= 4 is 0 Å². The molecule has 0 heterocycles. The predicted molar refractivity (Wildman–Crippen MR) is 88.6 cm³/mol. The van der Waals surface area contributed by atoms with E-state index in [1.165, 1.54) is 6.07 Å². The van der Waals surface area contributed by atoms with E-state index in [0.717, 1.165) is 36.0 Å². The van der Waals surface area contributed by atoms with Gasteiger partial charge >= 0.3 is 0 Å². The largest absolute Gasteiger partial charge is 0.508 e. The minimum absolute atomic E-state index is 0.115. The van der Waals surface area contributed by atoms with E-state index in [1.54, 1.807) is 12.1 Å². The van der Waals surface area contributed by atoms with Crippen LogP contribution in [0.1, 0.15) is 50.3 Å². The number of rotatable bonds is 5. The van der Waals surface area contributed by atoms with Crippen LogP contribution in [0.4, 0.5) is 0 Å². The summed E-state index contributed by atoms with van der Waals surface area (Å²) < 4.78 is 0. The Kier molecular flexibility index (Phi) is 4.65. The summed E-state index contributed by atoms with van der Waals surface area (Å²) in [4.78, 5) is 0. The lowest BCUT2D eigenvalue weighted by Gasteiger charge is -2.27. The summed E-state index contributed by atoms with van der Waals surface area (Å²) >= 11 is 0. The van der Waals surface area contributed by atoms with Gasteiger partial charge in [-0.1, -0.05) is 45.4 Å². The van der Waals surface area contributed by atoms with E-state index in [4.69, 9.17) is 0 Å². The molecule has 0 bridgehead atoms. The summed E-state index contributed by atoms with van der Waals surface area (Å²) in [5.74, 6) is 0.103. The van der Waals surface area contributed by atoms with Gasteiger partial charge in [0.1, 0.15) is 5.75 Å². The maximum absolute atomic E-state index is 10.0. The van der Waals surface area contributed by atoms with Crippen molar-refractivity contribution in [2.45, 2.75) is 45.4 Å². The summed E-state index contributed by atoms with van der Waals surface area (Å²) in [6, 6.07) is 10.6. The second-order valence-electron chi connectivity index (χ2n) is 6.28. The lowest BCUT2D eigenvalue weighted by molar-refractivity contribution is 0.402. The van der Waals surface area contributed by atoms with Crippen LogP contribution >= 0.6 is 0 Å². The normalized spacial score (nSPS) is 11.6.